The minimum atomic E-state index is -2.98. The van der Waals surface area contributed by atoms with E-state index in [0.717, 1.165) is 18.2 Å². The van der Waals surface area contributed by atoms with E-state index in [1.807, 2.05) is 0 Å². The molecule has 16 heteroatoms. The first kappa shape index (κ1) is 46.0. The summed E-state index contributed by atoms with van der Waals surface area (Å²) in [6.07, 6.45) is -0.216. The van der Waals surface area contributed by atoms with Gasteiger partial charge in [0, 0.05) is 6.07 Å². The normalized spacial score (nSPS) is 15.4. The van der Waals surface area contributed by atoms with Crippen molar-refractivity contribution in [2.75, 3.05) is 0 Å². The van der Waals surface area contributed by atoms with Crippen LogP contribution in [0.5, 0.6) is 11.5 Å². The van der Waals surface area contributed by atoms with Gasteiger partial charge in [-0.3, -0.25) is 33.7 Å². The van der Waals surface area contributed by atoms with E-state index in [-0.39, 0.29) is 29.2 Å². The molecule has 0 fully saturated rings. The number of ketones is 2. The summed E-state index contributed by atoms with van der Waals surface area (Å²) in [7, 11) is 0. The first-order chi connectivity index (χ1) is 25.5. The molecule has 4 amide bonds. The van der Waals surface area contributed by atoms with E-state index in [9.17, 15) is 48.9 Å². The third-order valence-electron chi connectivity index (χ3n) is 9.32. The molecule has 1 unspecified atom stereocenters. The number of carboxylic acid groups (broad SMARTS) is 1. The Balaban J connectivity index is 2.79. The number of carboxylic acids is 1. The highest BCUT2D eigenvalue weighted by atomic mass is 16.4. The van der Waals surface area contributed by atoms with Crippen molar-refractivity contribution in [1.82, 2.24) is 15.5 Å². The summed E-state index contributed by atoms with van der Waals surface area (Å²) < 4.78 is 0. The summed E-state index contributed by atoms with van der Waals surface area (Å²) in [5.74, 6) is -13.3. The number of hydrogen-bond acceptors (Lipinski definition) is 12. The highest BCUT2D eigenvalue weighted by molar-refractivity contribution is 6.38. The van der Waals surface area contributed by atoms with Gasteiger partial charge in [0.1, 0.15) is 29.6 Å². The van der Waals surface area contributed by atoms with E-state index >= 15 is 0 Å². The Labute approximate surface area is 321 Å². The van der Waals surface area contributed by atoms with E-state index < -0.39 is 106 Å². The molecule has 55 heavy (non-hydrogen) atoms. The van der Waals surface area contributed by atoms with Crippen molar-refractivity contribution in [2.45, 2.75) is 104 Å². The average Bonchev–Trinajstić information content (AvgIpc) is 3.09. The zero-order chi connectivity index (χ0) is 42.1. The Morgan fingerprint density at radius 1 is 0.764 bits per heavy atom. The lowest BCUT2D eigenvalue weighted by Crippen LogP contribution is -2.74. The lowest BCUT2D eigenvalue weighted by atomic mass is 9.75. The fraction of sp³-hybridized carbons (Fsp3) is 0.513. The van der Waals surface area contributed by atoms with E-state index in [0.29, 0.717) is 5.56 Å². The second-order valence-electron chi connectivity index (χ2n) is 15.2. The van der Waals surface area contributed by atoms with Gasteiger partial charge in [0.05, 0.1) is 12.1 Å². The SMILES string of the molecule is CC(C)C[C@H](NC(=O)[C@@H](N)c1cc(O)cc(O)c1)C(=O)N(C(=O)[C@@H](NC(=O)C(=O)C(N)Cc1ccccc1)C(C)C)[C@@](C(=O)O)(C(=O)[C@@H](N)C(C)C)C(C)C. The van der Waals surface area contributed by atoms with Crippen molar-refractivity contribution in [3.63, 3.8) is 0 Å². The molecule has 6 atom stereocenters. The number of carbonyl (C=O) groups excluding carboxylic acids is 6. The van der Waals surface area contributed by atoms with Gasteiger partial charge >= 0.3 is 5.97 Å². The van der Waals surface area contributed by atoms with E-state index in [1.54, 1.807) is 58.0 Å². The third kappa shape index (κ3) is 11.0. The monoisotopic (exact) mass is 768 g/mol. The van der Waals surface area contributed by atoms with Gasteiger partial charge in [-0.2, -0.15) is 0 Å². The highest BCUT2D eigenvalue weighted by Crippen LogP contribution is 2.33. The molecular weight excluding hydrogens is 712 g/mol. The predicted octanol–water partition coefficient (Wildman–Crippen LogP) is 1.30. The van der Waals surface area contributed by atoms with Crippen LogP contribution in [-0.4, -0.2) is 91.1 Å². The number of nitrogens with one attached hydrogen (secondary N) is 2. The van der Waals surface area contributed by atoms with Crippen LogP contribution in [0.2, 0.25) is 0 Å². The average molecular weight is 769 g/mol. The minimum Gasteiger partial charge on any atom is -0.508 e. The standard InChI is InChI=1S/C39H56N6O10/c1-19(2)14-28(43-34(50)30(42)24-16-25(46)18-26(47)17-24)36(52)45(39(22(7)8,38(54)55)33(49)29(41)20(3)4)37(53)31(21(5)6)44-35(51)32(48)27(40)15-23-12-10-9-11-13-23/h9-13,16-22,27-31,46-47H,14-15,40-42H2,1-8H3,(H,43,50)(H,44,51)(H,54,55)/t27?,28-,29-,30-,31-,39+/m0/s1. The highest BCUT2D eigenvalue weighted by Gasteiger charge is 2.61. The maximum absolute atomic E-state index is 14.9. The van der Waals surface area contributed by atoms with Crippen molar-refractivity contribution >= 4 is 41.2 Å². The molecule has 0 aliphatic rings. The van der Waals surface area contributed by atoms with Crippen molar-refractivity contribution in [2.24, 2.45) is 40.9 Å². The van der Waals surface area contributed by atoms with E-state index in [4.69, 9.17) is 17.2 Å². The van der Waals surface area contributed by atoms with Crippen molar-refractivity contribution in [3.8, 4) is 11.5 Å². The molecule has 0 aliphatic heterocycles. The number of phenolic OH excluding ortho intramolecular Hbond substituents is 2. The first-order valence-corrected chi connectivity index (χ1v) is 18.1. The molecule has 0 bridgehead atoms. The molecule has 0 saturated heterocycles. The van der Waals surface area contributed by atoms with Crippen molar-refractivity contribution in [3.05, 3.63) is 59.7 Å². The number of amides is 4. The number of hydrogen-bond donors (Lipinski definition) is 8. The van der Waals surface area contributed by atoms with E-state index in [1.165, 1.54) is 27.7 Å². The zero-order valence-electron chi connectivity index (χ0n) is 32.6. The molecule has 0 spiro atoms. The van der Waals surface area contributed by atoms with Crippen molar-refractivity contribution < 1.29 is 48.9 Å². The summed E-state index contributed by atoms with van der Waals surface area (Å²) >= 11 is 0. The summed E-state index contributed by atoms with van der Waals surface area (Å²) in [5.41, 5.74) is 16.1. The molecular formula is C39H56N6O10. The van der Waals surface area contributed by atoms with Gasteiger partial charge in [-0.25, -0.2) is 4.79 Å². The van der Waals surface area contributed by atoms with Crippen LogP contribution in [0.25, 0.3) is 0 Å². The maximum atomic E-state index is 14.9. The molecule has 0 heterocycles. The number of imide groups is 1. The molecule has 2 rings (SSSR count). The molecule has 2 aromatic rings. The topological polar surface area (TPSA) is 286 Å². The molecule has 0 radical (unpaired) electrons. The molecule has 16 nitrogen and oxygen atoms in total. The van der Waals surface area contributed by atoms with Crippen LogP contribution in [0, 0.1) is 23.7 Å². The Hall–Kier alpha value is -5.19. The van der Waals surface area contributed by atoms with E-state index in [2.05, 4.69) is 10.6 Å². The van der Waals surface area contributed by atoms with Gasteiger partial charge in [-0.1, -0.05) is 85.7 Å². The molecule has 0 saturated carbocycles. The third-order valence-corrected chi connectivity index (χ3v) is 9.32. The molecule has 0 aliphatic carbocycles. The Morgan fingerprint density at radius 2 is 1.31 bits per heavy atom. The Bertz CT molecular complexity index is 1710. The lowest BCUT2D eigenvalue weighted by molar-refractivity contribution is -0.177. The lowest BCUT2D eigenvalue weighted by Gasteiger charge is -2.45. The maximum Gasteiger partial charge on any atom is 0.338 e. The summed E-state index contributed by atoms with van der Waals surface area (Å²) in [4.78, 5) is 98.3. The van der Waals surface area contributed by atoms with Crippen LogP contribution in [0.15, 0.2) is 48.5 Å². The van der Waals surface area contributed by atoms with Gasteiger partial charge in [0.25, 0.3) is 17.7 Å². The number of rotatable bonds is 19. The fourth-order valence-corrected chi connectivity index (χ4v) is 6.17. The molecule has 0 aromatic heterocycles. The van der Waals surface area contributed by atoms with Crippen LogP contribution in [-0.2, 0) is 40.0 Å². The number of nitrogens with two attached hydrogens (primary N) is 3. The number of aliphatic carboxylic acids is 1. The number of carbonyl (C=O) groups is 7. The van der Waals surface area contributed by atoms with Crippen LogP contribution in [0.1, 0.15) is 79.0 Å². The van der Waals surface area contributed by atoms with Crippen LogP contribution >= 0.6 is 0 Å². The largest absolute Gasteiger partial charge is 0.508 e. The summed E-state index contributed by atoms with van der Waals surface area (Å²) in [6.45, 7) is 12.0. The molecule has 11 N–H and O–H groups in total. The van der Waals surface area contributed by atoms with Gasteiger partial charge in [-0.15, -0.1) is 0 Å². The van der Waals surface area contributed by atoms with Gasteiger partial charge in [0.15, 0.2) is 5.78 Å². The number of aromatic hydroxyl groups is 2. The van der Waals surface area contributed by atoms with Crippen LogP contribution in [0.3, 0.4) is 0 Å². The molecule has 302 valence electrons. The fourth-order valence-electron chi connectivity index (χ4n) is 6.17. The summed E-state index contributed by atoms with van der Waals surface area (Å²) in [6, 6.07) is 3.98. The second-order valence-corrected chi connectivity index (χ2v) is 15.2. The number of phenols is 2. The van der Waals surface area contributed by atoms with Crippen LogP contribution in [0.4, 0.5) is 0 Å². The smallest absolute Gasteiger partial charge is 0.338 e. The zero-order valence-corrected chi connectivity index (χ0v) is 32.6. The second kappa shape index (κ2) is 19.4. The number of Topliss-reactive ketones (excluding diaryl/α,β-unsaturated/α-hetero) is 2. The van der Waals surface area contributed by atoms with Gasteiger partial charge in [-0.05, 0) is 59.8 Å². The minimum absolute atomic E-state index is 0.0179. The van der Waals surface area contributed by atoms with Crippen LogP contribution < -0.4 is 27.8 Å². The quantitative estimate of drug-likeness (QED) is 0.0740. The van der Waals surface area contributed by atoms with Gasteiger partial charge in [0.2, 0.25) is 17.2 Å². The Kier molecular flexibility index (Phi) is 16.2. The number of nitrogens with zero attached hydrogens (tertiary/aromatic N) is 1. The first-order valence-electron chi connectivity index (χ1n) is 18.1. The summed E-state index contributed by atoms with van der Waals surface area (Å²) in [5, 5.41) is 35.7. The predicted molar refractivity (Wildman–Crippen MR) is 203 cm³/mol. The molecule has 2 aromatic carbocycles. The van der Waals surface area contributed by atoms with Crippen molar-refractivity contribution in [1.29, 1.82) is 0 Å². The van der Waals surface area contributed by atoms with Gasteiger partial charge < -0.3 is 43.2 Å². The number of benzene rings is 2. The Morgan fingerprint density at radius 3 is 1.76 bits per heavy atom.